The lowest BCUT2D eigenvalue weighted by Gasteiger charge is -2.13. The Hall–Kier alpha value is -4.97. The SMILES string of the molecule is COc1cc(/C=N\NC(=O)c2ccc(-c3csc(Nc4ccc(Cl)cc4)n3)cc2)cc(Cl)c1OCC(=O)Nc1ccccc1F. The molecule has 1 heterocycles. The highest BCUT2D eigenvalue weighted by Gasteiger charge is 2.15. The molecule has 0 aliphatic heterocycles. The molecule has 0 unspecified atom stereocenters. The summed E-state index contributed by atoms with van der Waals surface area (Å²) in [6.45, 7) is -0.434. The summed E-state index contributed by atoms with van der Waals surface area (Å²) in [6.07, 6.45) is 1.39. The average molecular weight is 665 g/mol. The van der Waals surface area contributed by atoms with Gasteiger partial charge >= 0.3 is 0 Å². The summed E-state index contributed by atoms with van der Waals surface area (Å²) in [7, 11) is 1.41. The molecule has 4 aromatic carbocycles. The van der Waals surface area contributed by atoms with Crippen molar-refractivity contribution in [2.45, 2.75) is 0 Å². The molecule has 0 bridgehead atoms. The summed E-state index contributed by atoms with van der Waals surface area (Å²) in [5, 5.41) is 13.1. The molecule has 45 heavy (non-hydrogen) atoms. The van der Waals surface area contributed by atoms with Gasteiger partial charge < -0.3 is 20.1 Å². The number of hydrogen-bond acceptors (Lipinski definition) is 8. The molecule has 0 saturated heterocycles. The van der Waals surface area contributed by atoms with Crippen molar-refractivity contribution >= 4 is 69.1 Å². The molecule has 0 saturated carbocycles. The number of aromatic nitrogens is 1. The number of hydrogen-bond donors (Lipinski definition) is 3. The number of carbonyl (C=O) groups excluding carboxylic acids is 2. The van der Waals surface area contributed by atoms with E-state index in [1.54, 1.807) is 48.5 Å². The predicted octanol–water partition coefficient (Wildman–Crippen LogP) is 7.79. The molecular weight excluding hydrogens is 640 g/mol. The zero-order valence-electron chi connectivity index (χ0n) is 23.5. The van der Waals surface area contributed by atoms with Crippen LogP contribution in [0.3, 0.4) is 0 Å². The Bertz CT molecular complexity index is 1850. The molecule has 1 aromatic heterocycles. The highest BCUT2D eigenvalue weighted by Crippen LogP contribution is 2.36. The molecule has 0 aliphatic carbocycles. The van der Waals surface area contributed by atoms with Crippen LogP contribution in [0, 0.1) is 5.82 Å². The van der Waals surface area contributed by atoms with Crippen molar-refractivity contribution in [2.75, 3.05) is 24.4 Å². The number of rotatable bonds is 11. The first-order valence-electron chi connectivity index (χ1n) is 13.3. The van der Waals surface area contributed by atoms with Gasteiger partial charge in [0.1, 0.15) is 5.82 Å². The van der Waals surface area contributed by atoms with Crippen LogP contribution in [-0.4, -0.2) is 36.7 Å². The van der Waals surface area contributed by atoms with Crippen LogP contribution in [0.1, 0.15) is 15.9 Å². The normalized spacial score (nSPS) is 10.8. The Morgan fingerprint density at radius 2 is 1.78 bits per heavy atom. The second-order valence-electron chi connectivity index (χ2n) is 9.30. The van der Waals surface area contributed by atoms with E-state index in [1.807, 2.05) is 17.5 Å². The van der Waals surface area contributed by atoms with Crippen LogP contribution in [0.25, 0.3) is 11.3 Å². The number of anilines is 3. The van der Waals surface area contributed by atoms with Crippen LogP contribution in [0.15, 0.2) is 95.4 Å². The van der Waals surface area contributed by atoms with E-state index in [9.17, 15) is 14.0 Å². The van der Waals surface area contributed by atoms with Crippen LogP contribution in [0.5, 0.6) is 11.5 Å². The Kier molecular flexibility index (Phi) is 10.3. The Balaban J connectivity index is 1.16. The first kappa shape index (κ1) is 31.5. The number of benzene rings is 4. The van der Waals surface area contributed by atoms with E-state index < -0.39 is 24.2 Å². The van der Waals surface area contributed by atoms with Crippen molar-refractivity contribution in [3.8, 4) is 22.8 Å². The van der Waals surface area contributed by atoms with Gasteiger partial charge in [-0.1, -0.05) is 47.5 Å². The first-order chi connectivity index (χ1) is 21.8. The summed E-state index contributed by atoms with van der Waals surface area (Å²) in [5.74, 6) is -1.21. The number of hydrazone groups is 1. The smallest absolute Gasteiger partial charge is 0.271 e. The van der Waals surface area contributed by atoms with E-state index in [4.69, 9.17) is 32.7 Å². The van der Waals surface area contributed by atoms with Gasteiger partial charge in [0, 0.05) is 27.2 Å². The Labute approximate surface area is 271 Å². The van der Waals surface area contributed by atoms with Gasteiger partial charge in [0.2, 0.25) is 0 Å². The number of thiazole rings is 1. The van der Waals surface area contributed by atoms with Gasteiger partial charge in [0.15, 0.2) is 23.2 Å². The molecule has 13 heteroatoms. The zero-order chi connectivity index (χ0) is 31.8. The number of para-hydroxylation sites is 1. The van der Waals surface area contributed by atoms with Crippen LogP contribution in [-0.2, 0) is 4.79 Å². The molecule has 0 radical (unpaired) electrons. The van der Waals surface area contributed by atoms with Crippen LogP contribution >= 0.6 is 34.5 Å². The third-order valence-corrected chi connectivity index (χ3v) is 7.46. The van der Waals surface area contributed by atoms with Crippen LogP contribution < -0.4 is 25.5 Å². The summed E-state index contributed by atoms with van der Waals surface area (Å²) < 4.78 is 24.7. The summed E-state index contributed by atoms with van der Waals surface area (Å²) >= 11 is 13.8. The largest absolute Gasteiger partial charge is 0.493 e. The maximum absolute atomic E-state index is 13.8. The van der Waals surface area contributed by atoms with E-state index in [0.717, 1.165) is 22.1 Å². The van der Waals surface area contributed by atoms with Crippen molar-refractivity contribution < 1.29 is 23.5 Å². The lowest BCUT2D eigenvalue weighted by molar-refractivity contribution is -0.118. The van der Waals surface area contributed by atoms with Gasteiger partial charge in [-0.15, -0.1) is 11.3 Å². The highest BCUT2D eigenvalue weighted by molar-refractivity contribution is 7.14. The maximum Gasteiger partial charge on any atom is 0.271 e. The van der Waals surface area contributed by atoms with Crippen molar-refractivity contribution in [3.05, 3.63) is 117 Å². The molecule has 9 nitrogen and oxygen atoms in total. The first-order valence-corrected chi connectivity index (χ1v) is 14.9. The molecule has 0 aliphatic rings. The standard InChI is InChI=1S/C32H24Cl2FN5O4S/c1-43-28-15-19(14-24(34)30(28)44-17-29(41)38-26-5-3-2-4-25(26)35)16-36-40-31(42)21-8-6-20(7-9-21)27-18-45-32(39-27)37-23-12-10-22(33)11-13-23/h2-16,18H,17H2,1H3,(H,37,39)(H,38,41)(H,40,42)/b36-16-. The van der Waals surface area contributed by atoms with Crippen molar-refractivity contribution in [1.29, 1.82) is 0 Å². The minimum atomic E-state index is -0.581. The van der Waals surface area contributed by atoms with Gasteiger partial charge in [-0.2, -0.15) is 5.10 Å². The minimum absolute atomic E-state index is 0.0329. The maximum atomic E-state index is 13.8. The van der Waals surface area contributed by atoms with Gasteiger partial charge in [0.25, 0.3) is 11.8 Å². The second-order valence-corrected chi connectivity index (χ2v) is 11.0. The van der Waals surface area contributed by atoms with E-state index in [2.05, 4.69) is 26.1 Å². The quantitative estimate of drug-likeness (QED) is 0.0982. The summed E-state index contributed by atoms with van der Waals surface area (Å²) in [4.78, 5) is 29.5. The lowest BCUT2D eigenvalue weighted by Crippen LogP contribution is -2.21. The molecule has 228 valence electrons. The number of nitrogens with zero attached hydrogens (tertiary/aromatic N) is 2. The minimum Gasteiger partial charge on any atom is -0.493 e. The monoisotopic (exact) mass is 663 g/mol. The molecule has 0 spiro atoms. The Morgan fingerprint density at radius 3 is 2.51 bits per heavy atom. The number of halogens is 3. The molecule has 0 atom stereocenters. The van der Waals surface area contributed by atoms with Crippen molar-refractivity contribution in [3.63, 3.8) is 0 Å². The average Bonchev–Trinajstić information content (AvgIpc) is 3.51. The second kappa shape index (κ2) is 14.7. The number of amides is 2. The fraction of sp³-hybridized carbons (Fsp3) is 0.0625. The van der Waals surface area contributed by atoms with E-state index in [1.165, 1.54) is 48.9 Å². The van der Waals surface area contributed by atoms with E-state index in [0.29, 0.717) is 16.1 Å². The van der Waals surface area contributed by atoms with Gasteiger partial charge in [-0.05, 0) is 66.2 Å². The number of carbonyl (C=O) groups is 2. The van der Waals surface area contributed by atoms with Crippen molar-refractivity contribution in [1.82, 2.24) is 10.4 Å². The molecule has 5 rings (SSSR count). The molecule has 5 aromatic rings. The Morgan fingerprint density at radius 1 is 1.02 bits per heavy atom. The fourth-order valence-electron chi connectivity index (χ4n) is 3.98. The summed E-state index contributed by atoms with van der Waals surface area (Å²) in [5.41, 5.74) is 5.91. The molecule has 0 fully saturated rings. The van der Waals surface area contributed by atoms with E-state index in [-0.39, 0.29) is 22.2 Å². The predicted molar refractivity (Wildman–Crippen MR) is 176 cm³/mol. The number of ether oxygens (including phenoxy) is 2. The molecule has 3 N–H and O–H groups in total. The number of methoxy groups -OCH3 is 1. The topological polar surface area (TPSA) is 114 Å². The number of nitrogens with one attached hydrogen (secondary N) is 3. The molecular formula is C32H24Cl2FN5O4S. The van der Waals surface area contributed by atoms with E-state index >= 15 is 0 Å². The fourth-order valence-corrected chi connectivity index (χ4v) is 5.12. The molecule has 2 amide bonds. The van der Waals surface area contributed by atoms with Crippen LogP contribution in [0.4, 0.5) is 20.9 Å². The highest BCUT2D eigenvalue weighted by atomic mass is 35.5. The zero-order valence-corrected chi connectivity index (χ0v) is 25.8. The van der Waals surface area contributed by atoms with Gasteiger partial charge in [-0.25, -0.2) is 14.8 Å². The van der Waals surface area contributed by atoms with Gasteiger partial charge in [0.05, 0.1) is 29.7 Å². The third-order valence-electron chi connectivity index (χ3n) is 6.17. The van der Waals surface area contributed by atoms with Crippen LogP contribution in [0.2, 0.25) is 10.0 Å². The lowest BCUT2D eigenvalue weighted by atomic mass is 10.1. The van der Waals surface area contributed by atoms with Crippen molar-refractivity contribution in [2.24, 2.45) is 5.10 Å². The van der Waals surface area contributed by atoms with Gasteiger partial charge in [-0.3, -0.25) is 9.59 Å². The summed E-state index contributed by atoms with van der Waals surface area (Å²) in [6, 6.07) is 23.2. The third kappa shape index (κ3) is 8.36.